The summed E-state index contributed by atoms with van der Waals surface area (Å²) < 4.78 is 3.76. The Labute approximate surface area is 179 Å². The van der Waals surface area contributed by atoms with Gasteiger partial charge in [-0.25, -0.2) is 9.48 Å². The fourth-order valence-corrected chi connectivity index (χ4v) is 3.69. The zero-order valence-electron chi connectivity index (χ0n) is 16.1. The number of hydrogen-bond donors (Lipinski definition) is 2. The molecular weight excluding hydrogens is 450 g/mol. The van der Waals surface area contributed by atoms with Crippen LogP contribution in [0.1, 0.15) is 22.8 Å². The van der Waals surface area contributed by atoms with Gasteiger partial charge < -0.3 is 10.3 Å². The summed E-state index contributed by atoms with van der Waals surface area (Å²) in [6.45, 7) is 2.49. The average molecular weight is 468 g/mol. The fraction of sp³-hybridized carbons (Fsp3) is 0.143. The van der Waals surface area contributed by atoms with Gasteiger partial charge in [-0.15, -0.1) is 0 Å². The van der Waals surface area contributed by atoms with Crippen molar-refractivity contribution in [2.75, 3.05) is 5.32 Å². The molecule has 9 heteroatoms. The molecule has 0 aliphatic carbocycles. The van der Waals surface area contributed by atoms with Gasteiger partial charge in [0.25, 0.3) is 11.5 Å². The van der Waals surface area contributed by atoms with E-state index in [0.29, 0.717) is 28.8 Å². The van der Waals surface area contributed by atoms with Crippen molar-refractivity contribution >= 4 is 38.6 Å². The van der Waals surface area contributed by atoms with Crippen molar-refractivity contribution in [2.24, 2.45) is 0 Å². The molecule has 0 spiro atoms. The highest BCUT2D eigenvalue weighted by atomic mass is 79.9. The van der Waals surface area contributed by atoms with E-state index >= 15 is 0 Å². The van der Waals surface area contributed by atoms with Crippen LogP contribution in [-0.4, -0.2) is 25.2 Å². The number of hydrogen-bond acceptors (Lipinski definition) is 4. The van der Waals surface area contributed by atoms with Crippen molar-refractivity contribution in [1.82, 2.24) is 19.3 Å². The molecule has 0 aliphatic rings. The number of carbonyl (C=O) groups excluding carboxylic acids is 1. The van der Waals surface area contributed by atoms with Gasteiger partial charge in [0.1, 0.15) is 5.82 Å². The van der Waals surface area contributed by atoms with E-state index in [0.717, 1.165) is 14.6 Å². The van der Waals surface area contributed by atoms with E-state index in [1.807, 2.05) is 24.3 Å². The Morgan fingerprint density at radius 2 is 2.00 bits per heavy atom. The smallest absolute Gasteiger partial charge is 0.307 e. The number of nitrogens with one attached hydrogen (secondary N) is 2. The van der Waals surface area contributed by atoms with Crippen LogP contribution in [0.5, 0.6) is 0 Å². The maximum absolute atomic E-state index is 12.8. The SMILES string of the molecule is CCn1c(=O)[nH]c2cc(C(=O)Nc3ccnn3Cc3cccc(Br)c3)ccc2c1=O. The van der Waals surface area contributed by atoms with Crippen molar-refractivity contribution < 1.29 is 4.79 Å². The molecule has 0 atom stereocenters. The van der Waals surface area contributed by atoms with Crippen molar-refractivity contribution in [2.45, 2.75) is 20.0 Å². The number of aromatic nitrogens is 4. The molecule has 0 radical (unpaired) electrons. The quantitative estimate of drug-likeness (QED) is 0.470. The van der Waals surface area contributed by atoms with Crippen LogP contribution in [0.15, 0.2) is 68.8 Å². The van der Waals surface area contributed by atoms with Gasteiger partial charge in [-0.3, -0.25) is 14.2 Å². The summed E-state index contributed by atoms with van der Waals surface area (Å²) >= 11 is 3.45. The van der Waals surface area contributed by atoms with Crippen molar-refractivity contribution in [3.8, 4) is 0 Å². The van der Waals surface area contributed by atoms with Crippen molar-refractivity contribution in [1.29, 1.82) is 0 Å². The third kappa shape index (κ3) is 3.84. The Morgan fingerprint density at radius 3 is 2.77 bits per heavy atom. The normalized spacial score (nSPS) is 11.0. The molecule has 2 N–H and O–H groups in total. The van der Waals surface area contributed by atoms with Crippen LogP contribution in [0.2, 0.25) is 0 Å². The predicted molar refractivity (Wildman–Crippen MR) is 118 cm³/mol. The minimum atomic E-state index is -0.500. The minimum absolute atomic E-state index is 0.272. The van der Waals surface area contributed by atoms with Crippen molar-refractivity contribution in [3.05, 3.63) is 91.2 Å². The Morgan fingerprint density at radius 1 is 1.17 bits per heavy atom. The van der Waals surface area contributed by atoms with Crippen LogP contribution in [0, 0.1) is 0 Å². The number of H-pyrrole nitrogens is 1. The van der Waals surface area contributed by atoms with Crippen LogP contribution >= 0.6 is 15.9 Å². The number of aromatic amines is 1. The molecule has 2 aromatic heterocycles. The summed E-state index contributed by atoms with van der Waals surface area (Å²) in [4.78, 5) is 39.9. The summed E-state index contributed by atoms with van der Waals surface area (Å²) in [6, 6.07) is 14.1. The lowest BCUT2D eigenvalue weighted by atomic mass is 10.1. The molecule has 8 nitrogen and oxygen atoms in total. The van der Waals surface area contributed by atoms with Gasteiger partial charge in [-0.1, -0.05) is 28.1 Å². The van der Waals surface area contributed by atoms with Gasteiger partial charge in [-0.05, 0) is 42.8 Å². The first-order chi connectivity index (χ1) is 14.5. The molecule has 0 aliphatic heterocycles. The third-order valence-corrected chi connectivity index (χ3v) is 5.23. The molecule has 4 aromatic rings. The molecule has 0 saturated carbocycles. The summed E-state index contributed by atoms with van der Waals surface area (Å²) in [5.41, 5.74) is 0.793. The lowest BCUT2D eigenvalue weighted by Gasteiger charge is -2.10. The van der Waals surface area contributed by atoms with E-state index in [2.05, 4.69) is 31.3 Å². The van der Waals surface area contributed by atoms with Crippen LogP contribution in [0.4, 0.5) is 5.82 Å². The van der Waals surface area contributed by atoms with Gasteiger partial charge >= 0.3 is 5.69 Å². The van der Waals surface area contributed by atoms with E-state index in [-0.39, 0.29) is 18.0 Å². The van der Waals surface area contributed by atoms with Gasteiger partial charge in [0.2, 0.25) is 0 Å². The molecule has 0 fully saturated rings. The number of amides is 1. The Balaban J connectivity index is 1.61. The van der Waals surface area contributed by atoms with Gasteiger partial charge in [0.05, 0.1) is 23.6 Å². The molecule has 0 unspecified atom stereocenters. The highest BCUT2D eigenvalue weighted by Crippen LogP contribution is 2.16. The number of carbonyl (C=O) groups is 1. The van der Waals surface area contributed by atoms with Crippen LogP contribution in [0.3, 0.4) is 0 Å². The zero-order valence-corrected chi connectivity index (χ0v) is 17.6. The van der Waals surface area contributed by atoms with Crippen molar-refractivity contribution in [3.63, 3.8) is 0 Å². The monoisotopic (exact) mass is 467 g/mol. The standard InChI is InChI=1S/C21H18BrN5O3/c1-2-26-20(29)16-7-6-14(11-17(16)24-21(26)30)19(28)25-18-8-9-23-27(18)12-13-4-3-5-15(22)10-13/h3-11H,2,12H2,1H3,(H,24,30)(H,25,28). The lowest BCUT2D eigenvalue weighted by molar-refractivity contribution is 0.102. The molecule has 4 rings (SSSR count). The molecule has 1 amide bonds. The number of benzene rings is 2. The van der Waals surface area contributed by atoms with Crippen LogP contribution < -0.4 is 16.6 Å². The largest absolute Gasteiger partial charge is 0.328 e. The minimum Gasteiger partial charge on any atom is -0.307 e. The first-order valence-electron chi connectivity index (χ1n) is 9.30. The molecule has 0 saturated heterocycles. The number of fused-ring (bicyclic) bond motifs is 1. The summed E-state index contributed by atoms with van der Waals surface area (Å²) in [6.07, 6.45) is 1.61. The second-order valence-corrected chi connectivity index (χ2v) is 7.61. The van der Waals surface area contributed by atoms with Gasteiger partial charge in [0.15, 0.2) is 0 Å². The second-order valence-electron chi connectivity index (χ2n) is 6.70. The van der Waals surface area contributed by atoms with E-state index < -0.39 is 5.69 Å². The molecule has 2 aromatic carbocycles. The van der Waals surface area contributed by atoms with Crippen LogP contribution in [0.25, 0.3) is 10.9 Å². The molecular formula is C21H18BrN5O3. The maximum atomic E-state index is 12.8. The topological polar surface area (TPSA) is 102 Å². The predicted octanol–water partition coefficient (Wildman–Crippen LogP) is 2.97. The maximum Gasteiger partial charge on any atom is 0.328 e. The third-order valence-electron chi connectivity index (χ3n) is 4.74. The summed E-state index contributed by atoms with van der Waals surface area (Å²) in [7, 11) is 0. The van der Waals surface area contributed by atoms with E-state index in [1.165, 1.54) is 6.07 Å². The second kappa shape index (κ2) is 8.11. The van der Waals surface area contributed by atoms with Crippen LogP contribution in [-0.2, 0) is 13.1 Å². The van der Waals surface area contributed by atoms with E-state index in [1.54, 1.807) is 36.0 Å². The number of rotatable bonds is 5. The molecule has 2 heterocycles. The Bertz CT molecular complexity index is 1370. The summed E-state index contributed by atoms with van der Waals surface area (Å²) in [5.74, 6) is 0.170. The van der Waals surface area contributed by atoms with Gasteiger partial charge in [0, 0.05) is 22.6 Å². The highest BCUT2D eigenvalue weighted by Gasteiger charge is 2.13. The fourth-order valence-electron chi connectivity index (χ4n) is 3.24. The van der Waals surface area contributed by atoms with E-state index in [9.17, 15) is 14.4 Å². The average Bonchev–Trinajstić information content (AvgIpc) is 3.14. The van der Waals surface area contributed by atoms with E-state index in [4.69, 9.17) is 0 Å². The molecule has 152 valence electrons. The number of nitrogens with zero attached hydrogens (tertiary/aromatic N) is 3. The first kappa shape index (κ1) is 19.8. The highest BCUT2D eigenvalue weighted by molar-refractivity contribution is 9.10. The zero-order chi connectivity index (χ0) is 21.3. The molecule has 0 bridgehead atoms. The lowest BCUT2D eigenvalue weighted by Crippen LogP contribution is -2.34. The first-order valence-corrected chi connectivity index (χ1v) is 10.1. The number of anilines is 1. The molecule has 30 heavy (non-hydrogen) atoms. The Hall–Kier alpha value is -3.46. The summed E-state index contributed by atoms with van der Waals surface area (Å²) in [5, 5.41) is 7.46. The number of halogens is 1. The Kier molecular flexibility index (Phi) is 5.37. The van der Waals surface area contributed by atoms with Gasteiger partial charge in [-0.2, -0.15) is 5.10 Å².